The molecule has 1 unspecified atom stereocenters. The van der Waals surface area contributed by atoms with Crippen molar-refractivity contribution in [2.24, 2.45) is 0 Å². The largest absolute Gasteiger partial charge is 0.481 e. The zero-order valence-electron chi connectivity index (χ0n) is 21.8. The van der Waals surface area contributed by atoms with Crippen molar-refractivity contribution < 1.29 is 38.9 Å². The highest BCUT2D eigenvalue weighted by Gasteiger charge is 2.27. The minimum absolute atomic E-state index is 0.153. The van der Waals surface area contributed by atoms with E-state index in [4.69, 9.17) is 14.2 Å². The number of benzene rings is 3. The molecule has 1 heterocycles. The van der Waals surface area contributed by atoms with Gasteiger partial charge in [-0.1, -0.05) is 12.1 Å². The van der Waals surface area contributed by atoms with Crippen molar-refractivity contribution in [1.82, 2.24) is 4.98 Å². The summed E-state index contributed by atoms with van der Waals surface area (Å²) in [6.45, 7) is 0.304. The molecule has 4 rings (SSSR count). The highest BCUT2D eigenvalue weighted by Crippen LogP contribution is 2.43. The summed E-state index contributed by atoms with van der Waals surface area (Å²) in [7, 11) is 1.52. The molecule has 0 saturated carbocycles. The van der Waals surface area contributed by atoms with Gasteiger partial charge in [0, 0.05) is 41.3 Å². The van der Waals surface area contributed by atoms with E-state index in [-0.39, 0.29) is 30.4 Å². The monoisotopic (exact) mass is 559 g/mol. The van der Waals surface area contributed by atoms with Crippen LogP contribution in [0.1, 0.15) is 23.5 Å². The van der Waals surface area contributed by atoms with Gasteiger partial charge >= 0.3 is 11.9 Å². The van der Waals surface area contributed by atoms with Gasteiger partial charge in [0.25, 0.3) is 5.69 Å². The molecule has 0 radical (unpaired) electrons. The number of aromatic amines is 1. The van der Waals surface area contributed by atoms with Crippen LogP contribution >= 0.6 is 0 Å². The number of aromatic nitrogens is 1. The number of nitrogens with one attached hydrogen (secondary N) is 1. The Kier molecular flexibility index (Phi) is 8.93. The van der Waals surface area contributed by atoms with Crippen LogP contribution in [0.25, 0.3) is 33.3 Å². The molecular formula is C29H25N3O9. The number of H-pyrrole nitrogens is 1. The fraction of sp³-hybridized carbons (Fsp3) is 0.207. The number of nitro benzene ring substituents is 1. The number of carboxylic acids is 2. The van der Waals surface area contributed by atoms with Crippen LogP contribution in [0, 0.1) is 21.4 Å². The molecule has 4 aromatic rings. The standard InChI is InChI=1S/C29H25N3O9/c1-39-7-8-40-16-41-28-22(18-3-2-4-21(10-18)32(37)38)11-19(23(29(35)36)14-27(33)34)12-24(28)26-13-20-9-17(15-30)5-6-25(20)31-26/h2-6,9-13,23,31H,7-8,14,16H2,1H3,(H,33,34)(H,35,36). The number of carbonyl (C=O) groups is 2. The van der Waals surface area contributed by atoms with Gasteiger partial charge in [0.1, 0.15) is 5.75 Å². The summed E-state index contributed by atoms with van der Waals surface area (Å²) in [5.41, 5.74) is 2.56. The second-order valence-corrected chi connectivity index (χ2v) is 9.00. The molecule has 0 aliphatic rings. The molecule has 0 fully saturated rings. The maximum Gasteiger partial charge on any atom is 0.311 e. The van der Waals surface area contributed by atoms with Crippen molar-refractivity contribution in [2.75, 3.05) is 27.1 Å². The predicted molar refractivity (Wildman–Crippen MR) is 146 cm³/mol. The Hall–Kier alpha value is -5.25. The highest BCUT2D eigenvalue weighted by molar-refractivity contribution is 5.92. The van der Waals surface area contributed by atoms with E-state index in [9.17, 15) is 35.2 Å². The van der Waals surface area contributed by atoms with E-state index in [1.165, 1.54) is 37.4 Å². The second kappa shape index (κ2) is 12.7. The van der Waals surface area contributed by atoms with Crippen molar-refractivity contribution in [3.05, 3.63) is 81.9 Å². The quantitative estimate of drug-likeness (QED) is 0.0878. The van der Waals surface area contributed by atoms with Gasteiger partial charge in [0.15, 0.2) is 6.79 Å². The summed E-state index contributed by atoms with van der Waals surface area (Å²) < 4.78 is 16.6. The molecule has 41 heavy (non-hydrogen) atoms. The van der Waals surface area contributed by atoms with Crippen molar-refractivity contribution >= 4 is 28.5 Å². The molecule has 3 N–H and O–H groups in total. The average molecular weight is 560 g/mol. The van der Waals surface area contributed by atoms with E-state index in [2.05, 4.69) is 11.1 Å². The number of ether oxygens (including phenoxy) is 3. The van der Waals surface area contributed by atoms with Gasteiger partial charge in [0.05, 0.1) is 47.8 Å². The van der Waals surface area contributed by atoms with Crippen LogP contribution in [-0.2, 0) is 19.1 Å². The van der Waals surface area contributed by atoms with Crippen LogP contribution in [0.15, 0.2) is 60.7 Å². The van der Waals surface area contributed by atoms with Crippen LogP contribution in [-0.4, -0.2) is 59.2 Å². The lowest BCUT2D eigenvalue weighted by atomic mass is 9.89. The number of nitrogens with zero attached hydrogens (tertiary/aromatic N) is 2. The number of nitro groups is 1. The van der Waals surface area contributed by atoms with Gasteiger partial charge in [-0.2, -0.15) is 5.26 Å². The zero-order chi connectivity index (χ0) is 29.5. The van der Waals surface area contributed by atoms with E-state index < -0.39 is 29.2 Å². The third-order valence-corrected chi connectivity index (χ3v) is 6.32. The molecule has 1 aromatic heterocycles. The maximum atomic E-state index is 12.2. The van der Waals surface area contributed by atoms with Crippen LogP contribution < -0.4 is 4.74 Å². The lowest BCUT2D eigenvalue weighted by molar-refractivity contribution is -0.384. The van der Waals surface area contributed by atoms with E-state index in [1.54, 1.807) is 30.3 Å². The number of methoxy groups -OCH3 is 1. The first-order valence-corrected chi connectivity index (χ1v) is 12.3. The summed E-state index contributed by atoms with van der Waals surface area (Å²) >= 11 is 0. The molecule has 1 atom stereocenters. The summed E-state index contributed by atoms with van der Waals surface area (Å²) in [6, 6.07) is 17.6. The Morgan fingerprint density at radius 2 is 1.85 bits per heavy atom. The zero-order valence-corrected chi connectivity index (χ0v) is 21.8. The third-order valence-electron chi connectivity index (χ3n) is 6.32. The minimum atomic E-state index is -1.43. The first-order valence-electron chi connectivity index (χ1n) is 12.3. The van der Waals surface area contributed by atoms with E-state index in [0.29, 0.717) is 45.5 Å². The number of carboxylic acid groups (broad SMARTS) is 2. The fourth-order valence-electron chi connectivity index (χ4n) is 4.38. The van der Waals surface area contributed by atoms with Gasteiger partial charge in [-0.25, -0.2) is 0 Å². The van der Waals surface area contributed by atoms with Gasteiger partial charge in [0.2, 0.25) is 0 Å². The number of hydrogen-bond acceptors (Lipinski definition) is 8. The minimum Gasteiger partial charge on any atom is -0.481 e. The van der Waals surface area contributed by atoms with Crippen molar-refractivity contribution in [3.8, 4) is 34.2 Å². The molecule has 210 valence electrons. The van der Waals surface area contributed by atoms with Crippen LogP contribution in [0.3, 0.4) is 0 Å². The number of hydrogen-bond donors (Lipinski definition) is 3. The van der Waals surface area contributed by atoms with Gasteiger partial charge in [-0.05, 0) is 47.5 Å². The predicted octanol–water partition coefficient (Wildman–Crippen LogP) is 4.92. The molecule has 3 aromatic carbocycles. The van der Waals surface area contributed by atoms with Crippen molar-refractivity contribution in [2.45, 2.75) is 12.3 Å². The SMILES string of the molecule is COCCOCOc1c(-c2cccc([N+](=O)[O-])c2)cc(C(CC(=O)O)C(=O)O)cc1-c1cc2cc(C#N)ccc2[nH]1. The van der Waals surface area contributed by atoms with Crippen LogP contribution in [0.2, 0.25) is 0 Å². The van der Waals surface area contributed by atoms with Crippen molar-refractivity contribution in [3.63, 3.8) is 0 Å². The lowest BCUT2D eigenvalue weighted by Gasteiger charge is -2.20. The molecule has 0 amide bonds. The topological polar surface area (TPSA) is 185 Å². The number of aliphatic carboxylic acids is 2. The third kappa shape index (κ3) is 6.67. The second-order valence-electron chi connectivity index (χ2n) is 9.00. The summed E-state index contributed by atoms with van der Waals surface area (Å²) in [4.78, 5) is 38.0. The Morgan fingerprint density at radius 3 is 2.54 bits per heavy atom. The summed E-state index contributed by atoms with van der Waals surface area (Å²) in [5.74, 6) is -3.86. The number of nitriles is 1. The van der Waals surface area contributed by atoms with Crippen LogP contribution in [0.5, 0.6) is 5.75 Å². The molecular weight excluding hydrogens is 534 g/mol. The summed E-state index contributed by atoms with van der Waals surface area (Å²) in [6.07, 6.45) is -0.693. The Morgan fingerprint density at radius 1 is 1.07 bits per heavy atom. The first kappa shape index (κ1) is 28.8. The van der Waals surface area contributed by atoms with E-state index in [0.717, 1.165) is 0 Å². The molecule has 0 spiro atoms. The number of non-ortho nitro benzene ring substituents is 1. The lowest BCUT2D eigenvalue weighted by Crippen LogP contribution is -2.16. The number of fused-ring (bicyclic) bond motifs is 1. The smallest absolute Gasteiger partial charge is 0.311 e. The van der Waals surface area contributed by atoms with Gasteiger partial charge < -0.3 is 29.4 Å². The van der Waals surface area contributed by atoms with Gasteiger partial charge in [-0.15, -0.1) is 0 Å². The Bertz CT molecular complexity index is 1660. The Labute approximate surface area is 233 Å². The van der Waals surface area contributed by atoms with E-state index >= 15 is 0 Å². The average Bonchev–Trinajstić information content (AvgIpc) is 3.38. The number of rotatable bonds is 13. The fourth-order valence-corrected chi connectivity index (χ4v) is 4.38. The normalized spacial score (nSPS) is 11.6. The van der Waals surface area contributed by atoms with E-state index in [1.807, 2.05) is 0 Å². The first-order chi connectivity index (χ1) is 19.7. The molecule has 12 nitrogen and oxygen atoms in total. The highest BCUT2D eigenvalue weighted by atomic mass is 16.7. The molecule has 0 bridgehead atoms. The van der Waals surface area contributed by atoms with Crippen LogP contribution in [0.4, 0.5) is 5.69 Å². The maximum absolute atomic E-state index is 12.2. The van der Waals surface area contributed by atoms with Gasteiger partial charge in [-0.3, -0.25) is 19.7 Å². The molecule has 0 aliphatic carbocycles. The summed E-state index contributed by atoms with van der Waals surface area (Å²) in [5, 5.41) is 40.9. The molecule has 12 heteroatoms. The molecule has 0 aliphatic heterocycles. The van der Waals surface area contributed by atoms with Crippen molar-refractivity contribution in [1.29, 1.82) is 5.26 Å². The molecule has 0 saturated heterocycles. The Balaban J connectivity index is 1.99.